The molecule has 9 heteroatoms. The SMILES string of the molecule is C[C@@H](NC(=O)COC(=O)/C=C/c1cccc([N+](=O)[O-])c1)c1ccc(F)cc1F. The Hall–Kier alpha value is -3.62. The third kappa shape index (κ3) is 5.97. The number of amides is 1. The van der Waals surface area contributed by atoms with E-state index in [-0.39, 0.29) is 11.3 Å². The van der Waals surface area contributed by atoms with Crippen molar-refractivity contribution in [1.82, 2.24) is 5.32 Å². The van der Waals surface area contributed by atoms with E-state index < -0.39 is 41.1 Å². The number of carbonyl (C=O) groups is 2. The van der Waals surface area contributed by atoms with Gasteiger partial charge in [0.15, 0.2) is 6.61 Å². The summed E-state index contributed by atoms with van der Waals surface area (Å²) in [6.07, 6.45) is 2.33. The molecule has 0 aliphatic carbocycles. The summed E-state index contributed by atoms with van der Waals surface area (Å²) in [6.45, 7) is 0.892. The topological polar surface area (TPSA) is 98.5 Å². The Morgan fingerprint density at radius 1 is 1.25 bits per heavy atom. The Morgan fingerprint density at radius 2 is 2.00 bits per heavy atom. The average Bonchev–Trinajstić information content (AvgIpc) is 2.64. The summed E-state index contributed by atoms with van der Waals surface area (Å²) in [7, 11) is 0. The lowest BCUT2D eigenvalue weighted by Gasteiger charge is -2.15. The maximum absolute atomic E-state index is 13.7. The summed E-state index contributed by atoms with van der Waals surface area (Å²) >= 11 is 0. The van der Waals surface area contributed by atoms with Crippen LogP contribution in [0.25, 0.3) is 6.08 Å². The average molecular weight is 390 g/mol. The van der Waals surface area contributed by atoms with Crippen LogP contribution in [0.4, 0.5) is 14.5 Å². The van der Waals surface area contributed by atoms with Gasteiger partial charge >= 0.3 is 5.97 Å². The van der Waals surface area contributed by atoms with Crippen LogP contribution >= 0.6 is 0 Å². The Labute approximate surface area is 158 Å². The van der Waals surface area contributed by atoms with Gasteiger partial charge in [-0.05, 0) is 24.6 Å². The van der Waals surface area contributed by atoms with Crippen LogP contribution in [-0.2, 0) is 14.3 Å². The molecule has 28 heavy (non-hydrogen) atoms. The molecule has 0 bridgehead atoms. The zero-order chi connectivity index (χ0) is 20.7. The molecule has 2 rings (SSSR count). The fourth-order valence-corrected chi connectivity index (χ4v) is 2.30. The zero-order valence-electron chi connectivity index (χ0n) is 14.7. The number of halogens is 2. The highest BCUT2D eigenvalue weighted by Crippen LogP contribution is 2.17. The number of carbonyl (C=O) groups excluding carboxylic acids is 2. The molecular weight excluding hydrogens is 374 g/mol. The molecule has 2 aromatic rings. The van der Waals surface area contributed by atoms with Gasteiger partial charge in [-0.1, -0.05) is 18.2 Å². The minimum atomic E-state index is -0.831. The summed E-state index contributed by atoms with van der Waals surface area (Å²) in [5, 5.41) is 13.1. The highest BCUT2D eigenvalue weighted by atomic mass is 19.1. The Bertz CT molecular complexity index is 930. The molecule has 2 aromatic carbocycles. The van der Waals surface area contributed by atoms with Crippen LogP contribution < -0.4 is 5.32 Å². The lowest BCUT2D eigenvalue weighted by Crippen LogP contribution is -2.31. The van der Waals surface area contributed by atoms with Gasteiger partial charge in [0.25, 0.3) is 11.6 Å². The summed E-state index contributed by atoms with van der Waals surface area (Å²) in [5.41, 5.74) is 0.375. The van der Waals surface area contributed by atoms with E-state index in [2.05, 4.69) is 5.32 Å². The van der Waals surface area contributed by atoms with Crippen LogP contribution in [0, 0.1) is 21.7 Å². The molecule has 0 radical (unpaired) electrons. The van der Waals surface area contributed by atoms with Crippen LogP contribution in [0.1, 0.15) is 24.1 Å². The minimum Gasteiger partial charge on any atom is -0.452 e. The van der Waals surface area contributed by atoms with Crippen molar-refractivity contribution in [3.63, 3.8) is 0 Å². The second kappa shape index (κ2) is 9.36. The molecule has 146 valence electrons. The first-order valence-corrected chi connectivity index (χ1v) is 8.10. The van der Waals surface area contributed by atoms with Gasteiger partial charge in [0.1, 0.15) is 11.6 Å². The number of ether oxygens (including phenoxy) is 1. The molecule has 0 heterocycles. The number of non-ortho nitro benzene ring substituents is 1. The number of hydrogen-bond donors (Lipinski definition) is 1. The van der Waals surface area contributed by atoms with Gasteiger partial charge in [-0.15, -0.1) is 0 Å². The quantitative estimate of drug-likeness (QED) is 0.338. The van der Waals surface area contributed by atoms with Crippen LogP contribution in [-0.4, -0.2) is 23.4 Å². The maximum atomic E-state index is 13.7. The normalized spacial score (nSPS) is 11.8. The Kier molecular flexibility index (Phi) is 6.91. The van der Waals surface area contributed by atoms with Gasteiger partial charge in [-0.3, -0.25) is 14.9 Å². The smallest absolute Gasteiger partial charge is 0.331 e. The van der Waals surface area contributed by atoms with Crippen molar-refractivity contribution in [3.8, 4) is 0 Å². The van der Waals surface area contributed by atoms with Crippen molar-refractivity contribution in [2.45, 2.75) is 13.0 Å². The molecule has 1 N–H and O–H groups in total. The van der Waals surface area contributed by atoms with Gasteiger partial charge in [-0.25, -0.2) is 13.6 Å². The number of nitro groups is 1. The number of nitro benzene ring substituents is 1. The van der Waals surface area contributed by atoms with Crippen molar-refractivity contribution in [2.24, 2.45) is 0 Å². The molecule has 0 spiro atoms. The van der Waals surface area contributed by atoms with E-state index in [0.717, 1.165) is 12.1 Å². The van der Waals surface area contributed by atoms with Crippen molar-refractivity contribution in [1.29, 1.82) is 0 Å². The maximum Gasteiger partial charge on any atom is 0.331 e. The van der Waals surface area contributed by atoms with Crippen LogP contribution in [0.15, 0.2) is 48.5 Å². The van der Waals surface area contributed by atoms with E-state index in [1.54, 1.807) is 6.07 Å². The van der Waals surface area contributed by atoms with Gasteiger partial charge in [-0.2, -0.15) is 0 Å². The minimum absolute atomic E-state index is 0.0895. The molecule has 7 nitrogen and oxygen atoms in total. The van der Waals surface area contributed by atoms with E-state index in [9.17, 15) is 28.5 Å². The number of rotatable bonds is 7. The first kappa shape index (κ1) is 20.7. The van der Waals surface area contributed by atoms with E-state index >= 15 is 0 Å². The first-order valence-electron chi connectivity index (χ1n) is 8.10. The fraction of sp³-hybridized carbons (Fsp3) is 0.158. The molecule has 0 unspecified atom stereocenters. The fourth-order valence-electron chi connectivity index (χ4n) is 2.30. The third-order valence-corrected chi connectivity index (χ3v) is 3.64. The lowest BCUT2D eigenvalue weighted by molar-refractivity contribution is -0.384. The molecule has 0 aromatic heterocycles. The first-order chi connectivity index (χ1) is 13.3. The molecule has 0 aliphatic rings. The highest BCUT2D eigenvalue weighted by molar-refractivity contribution is 5.89. The predicted octanol–water partition coefficient (Wildman–Crippen LogP) is 3.31. The molecule has 0 aliphatic heterocycles. The molecule has 0 saturated carbocycles. The number of nitrogens with zero attached hydrogens (tertiary/aromatic N) is 1. The standard InChI is InChI=1S/C19H16F2N2O5/c1-12(16-7-6-14(20)10-17(16)21)22-18(24)11-28-19(25)8-5-13-3-2-4-15(9-13)23(26)27/h2-10,12H,11H2,1H3,(H,22,24)/b8-5+/t12-/m1/s1. The summed E-state index contributed by atoms with van der Waals surface area (Å²) < 4.78 is 31.4. The summed E-state index contributed by atoms with van der Waals surface area (Å²) in [4.78, 5) is 33.6. The number of hydrogen-bond acceptors (Lipinski definition) is 5. The van der Waals surface area contributed by atoms with Gasteiger partial charge in [0.05, 0.1) is 11.0 Å². The van der Waals surface area contributed by atoms with Crippen LogP contribution in [0.5, 0.6) is 0 Å². The van der Waals surface area contributed by atoms with Gasteiger partial charge in [0, 0.05) is 29.8 Å². The van der Waals surface area contributed by atoms with Crippen molar-refractivity contribution < 1.29 is 28.0 Å². The highest BCUT2D eigenvalue weighted by Gasteiger charge is 2.15. The summed E-state index contributed by atoms with van der Waals surface area (Å²) in [5.74, 6) is -3.04. The molecule has 0 fully saturated rings. The van der Waals surface area contributed by atoms with Gasteiger partial charge in [0.2, 0.25) is 0 Å². The molecule has 0 saturated heterocycles. The molecular formula is C19H16F2N2O5. The van der Waals surface area contributed by atoms with Crippen molar-refractivity contribution in [2.75, 3.05) is 6.61 Å². The van der Waals surface area contributed by atoms with Crippen molar-refractivity contribution >= 4 is 23.6 Å². The number of nitrogens with one attached hydrogen (secondary N) is 1. The monoisotopic (exact) mass is 390 g/mol. The lowest BCUT2D eigenvalue weighted by atomic mass is 10.1. The second-order valence-electron chi connectivity index (χ2n) is 5.75. The van der Waals surface area contributed by atoms with E-state index in [0.29, 0.717) is 11.6 Å². The van der Waals surface area contributed by atoms with Crippen LogP contribution in [0.3, 0.4) is 0 Å². The van der Waals surface area contributed by atoms with Crippen LogP contribution in [0.2, 0.25) is 0 Å². The largest absolute Gasteiger partial charge is 0.452 e. The zero-order valence-corrected chi connectivity index (χ0v) is 14.7. The Balaban J connectivity index is 1.85. The number of benzene rings is 2. The molecule has 1 amide bonds. The Morgan fingerprint density at radius 3 is 2.68 bits per heavy atom. The predicted molar refractivity (Wildman–Crippen MR) is 96.0 cm³/mol. The van der Waals surface area contributed by atoms with E-state index in [1.807, 2.05) is 0 Å². The van der Waals surface area contributed by atoms with Crippen molar-refractivity contribution in [3.05, 3.63) is 81.4 Å². The third-order valence-electron chi connectivity index (χ3n) is 3.64. The van der Waals surface area contributed by atoms with Gasteiger partial charge < -0.3 is 10.1 Å². The second-order valence-corrected chi connectivity index (χ2v) is 5.75. The van der Waals surface area contributed by atoms with E-state index in [1.165, 1.54) is 37.3 Å². The summed E-state index contributed by atoms with van der Waals surface area (Å²) in [6, 6.07) is 7.84. The molecule has 1 atom stereocenters. The van der Waals surface area contributed by atoms with E-state index in [4.69, 9.17) is 4.74 Å². The number of esters is 1.